The van der Waals surface area contributed by atoms with Crippen molar-refractivity contribution < 1.29 is 19.5 Å². The van der Waals surface area contributed by atoms with Crippen LogP contribution in [0.3, 0.4) is 0 Å². The molecule has 1 aromatic carbocycles. The topological polar surface area (TPSA) is 98.7 Å². The number of carbonyl (C=O) groups is 3. The Kier molecular flexibility index (Phi) is 6.64. The minimum Gasteiger partial charge on any atom is -0.481 e. The number of likely N-dealkylation sites (tertiary alicyclic amines) is 1. The number of unbranched alkanes of at least 4 members (excludes halogenated alkanes) is 2. The lowest BCUT2D eigenvalue weighted by Crippen LogP contribution is -2.47. The van der Waals surface area contributed by atoms with Crippen LogP contribution in [-0.4, -0.2) is 47.0 Å². The zero-order chi connectivity index (χ0) is 18.4. The van der Waals surface area contributed by atoms with Gasteiger partial charge in [0.15, 0.2) is 0 Å². The van der Waals surface area contributed by atoms with Gasteiger partial charge in [-0.15, -0.1) is 0 Å². The SMILES string of the molecule is CCCCCN1C[C@H](C(=O)O)[C@@H](NC(=O)Nc2ccc(Cl)cc2)C1=O. The van der Waals surface area contributed by atoms with Crippen molar-refractivity contribution in [2.45, 2.75) is 32.2 Å². The number of halogens is 1. The highest BCUT2D eigenvalue weighted by Gasteiger charge is 2.45. The first-order valence-corrected chi connectivity index (χ1v) is 8.65. The normalized spacial score (nSPS) is 19.8. The van der Waals surface area contributed by atoms with Gasteiger partial charge in [-0.3, -0.25) is 9.59 Å². The molecule has 7 nitrogen and oxygen atoms in total. The fraction of sp³-hybridized carbons (Fsp3) is 0.471. The van der Waals surface area contributed by atoms with Crippen molar-refractivity contribution in [1.29, 1.82) is 0 Å². The summed E-state index contributed by atoms with van der Waals surface area (Å²) in [5.74, 6) is -2.40. The Morgan fingerprint density at radius 1 is 1.28 bits per heavy atom. The average Bonchev–Trinajstić information content (AvgIpc) is 2.87. The third-order valence-electron chi connectivity index (χ3n) is 4.13. The van der Waals surface area contributed by atoms with Crippen LogP contribution < -0.4 is 10.6 Å². The van der Waals surface area contributed by atoms with Crippen LogP contribution >= 0.6 is 11.6 Å². The molecular formula is C17H22ClN3O4. The summed E-state index contributed by atoms with van der Waals surface area (Å²) in [6.07, 6.45) is 2.80. The number of hydrogen-bond acceptors (Lipinski definition) is 3. The number of rotatable bonds is 7. The van der Waals surface area contributed by atoms with Crippen molar-refractivity contribution in [2.24, 2.45) is 5.92 Å². The standard InChI is InChI=1S/C17H22ClN3O4/c1-2-3-4-9-21-10-13(16(23)24)14(15(21)22)20-17(25)19-12-7-5-11(18)6-8-12/h5-8,13-14H,2-4,9-10H2,1H3,(H,23,24)(H2,19,20,25)/t13-,14+/m0/s1. The summed E-state index contributed by atoms with van der Waals surface area (Å²) in [7, 11) is 0. The Balaban J connectivity index is 1.99. The summed E-state index contributed by atoms with van der Waals surface area (Å²) in [4.78, 5) is 37.5. The Hall–Kier alpha value is -2.28. The number of nitrogens with zero attached hydrogens (tertiary/aromatic N) is 1. The van der Waals surface area contributed by atoms with Crippen molar-refractivity contribution in [3.8, 4) is 0 Å². The number of carboxylic acid groups (broad SMARTS) is 1. The lowest BCUT2D eigenvalue weighted by atomic mass is 10.0. The van der Waals surface area contributed by atoms with Gasteiger partial charge in [-0.2, -0.15) is 0 Å². The second-order valence-corrected chi connectivity index (χ2v) is 6.46. The molecule has 2 rings (SSSR count). The van der Waals surface area contributed by atoms with Crippen LogP contribution in [0.5, 0.6) is 0 Å². The van der Waals surface area contributed by atoms with Gasteiger partial charge in [0.2, 0.25) is 5.91 Å². The van der Waals surface area contributed by atoms with Gasteiger partial charge >= 0.3 is 12.0 Å². The number of anilines is 1. The molecule has 1 aromatic rings. The van der Waals surface area contributed by atoms with Crippen LogP contribution in [0.25, 0.3) is 0 Å². The van der Waals surface area contributed by atoms with Crippen LogP contribution in [0, 0.1) is 5.92 Å². The molecule has 1 fully saturated rings. The lowest BCUT2D eigenvalue weighted by Gasteiger charge is -2.17. The molecule has 2 atom stereocenters. The van der Waals surface area contributed by atoms with E-state index in [1.165, 1.54) is 4.90 Å². The Morgan fingerprint density at radius 3 is 2.56 bits per heavy atom. The average molecular weight is 368 g/mol. The molecule has 0 aromatic heterocycles. The number of hydrogen-bond donors (Lipinski definition) is 3. The summed E-state index contributed by atoms with van der Waals surface area (Å²) < 4.78 is 0. The van der Waals surface area contributed by atoms with Gasteiger partial charge < -0.3 is 20.6 Å². The molecule has 0 aliphatic carbocycles. The largest absolute Gasteiger partial charge is 0.481 e. The van der Waals surface area contributed by atoms with Gasteiger partial charge in [0.1, 0.15) is 12.0 Å². The monoisotopic (exact) mass is 367 g/mol. The van der Waals surface area contributed by atoms with Crippen LogP contribution in [-0.2, 0) is 9.59 Å². The van der Waals surface area contributed by atoms with E-state index >= 15 is 0 Å². The van der Waals surface area contributed by atoms with Gasteiger partial charge in [-0.1, -0.05) is 31.4 Å². The molecule has 136 valence electrons. The molecule has 1 heterocycles. The summed E-state index contributed by atoms with van der Waals surface area (Å²) in [6.45, 7) is 2.68. The maximum absolute atomic E-state index is 12.4. The molecule has 25 heavy (non-hydrogen) atoms. The van der Waals surface area contributed by atoms with Gasteiger partial charge in [0.05, 0.1) is 0 Å². The van der Waals surface area contributed by atoms with E-state index in [0.29, 0.717) is 17.3 Å². The fourth-order valence-corrected chi connectivity index (χ4v) is 2.91. The van der Waals surface area contributed by atoms with E-state index in [1.807, 2.05) is 0 Å². The molecule has 8 heteroatoms. The molecule has 0 bridgehead atoms. The second kappa shape index (κ2) is 8.71. The molecule has 0 spiro atoms. The maximum atomic E-state index is 12.4. The highest BCUT2D eigenvalue weighted by Crippen LogP contribution is 2.20. The van der Waals surface area contributed by atoms with E-state index in [4.69, 9.17) is 11.6 Å². The zero-order valence-corrected chi connectivity index (χ0v) is 14.8. The third-order valence-corrected chi connectivity index (χ3v) is 4.39. The van der Waals surface area contributed by atoms with Crippen LogP contribution in [0.1, 0.15) is 26.2 Å². The van der Waals surface area contributed by atoms with Crippen molar-refractivity contribution in [3.05, 3.63) is 29.3 Å². The number of carbonyl (C=O) groups excluding carboxylic acids is 2. The highest BCUT2D eigenvalue weighted by molar-refractivity contribution is 6.30. The molecule has 0 unspecified atom stereocenters. The first-order chi connectivity index (χ1) is 11.9. The van der Waals surface area contributed by atoms with Crippen LogP contribution in [0.2, 0.25) is 5.02 Å². The van der Waals surface area contributed by atoms with Crippen molar-refractivity contribution in [2.75, 3.05) is 18.4 Å². The number of nitrogens with one attached hydrogen (secondary N) is 2. The van der Waals surface area contributed by atoms with E-state index in [1.54, 1.807) is 24.3 Å². The molecule has 1 saturated heterocycles. The summed E-state index contributed by atoms with van der Waals surface area (Å²) in [5.41, 5.74) is 0.499. The molecular weight excluding hydrogens is 346 g/mol. The van der Waals surface area contributed by atoms with Crippen molar-refractivity contribution in [1.82, 2.24) is 10.2 Å². The smallest absolute Gasteiger partial charge is 0.319 e. The second-order valence-electron chi connectivity index (χ2n) is 6.02. The van der Waals surface area contributed by atoms with Gasteiger partial charge in [0, 0.05) is 23.8 Å². The van der Waals surface area contributed by atoms with Gasteiger partial charge in [-0.25, -0.2) is 4.79 Å². The summed E-state index contributed by atoms with van der Waals surface area (Å²) in [6, 6.07) is 4.78. The maximum Gasteiger partial charge on any atom is 0.319 e. The Bertz CT molecular complexity index is 635. The van der Waals surface area contributed by atoms with Crippen molar-refractivity contribution in [3.63, 3.8) is 0 Å². The van der Waals surface area contributed by atoms with E-state index in [9.17, 15) is 19.5 Å². The number of amides is 3. The molecule has 0 radical (unpaired) electrons. The third kappa shape index (κ3) is 5.09. The highest BCUT2D eigenvalue weighted by atomic mass is 35.5. The zero-order valence-electron chi connectivity index (χ0n) is 14.0. The Labute approximate surface area is 151 Å². The fourth-order valence-electron chi connectivity index (χ4n) is 2.78. The Morgan fingerprint density at radius 2 is 1.96 bits per heavy atom. The predicted molar refractivity (Wildman–Crippen MR) is 94.6 cm³/mol. The minimum absolute atomic E-state index is 0.115. The molecule has 3 amide bonds. The van der Waals surface area contributed by atoms with E-state index < -0.39 is 24.0 Å². The first-order valence-electron chi connectivity index (χ1n) is 8.27. The molecule has 0 saturated carbocycles. The molecule has 1 aliphatic heterocycles. The summed E-state index contributed by atoms with van der Waals surface area (Å²) >= 11 is 5.78. The van der Waals surface area contributed by atoms with Gasteiger partial charge in [-0.05, 0) is 30.7 Å². The van der Waals surface area contributed by atoms with E-state index in [-0.39, 0.29) is 12.5 Å². The minimum atomic E-state index is -1.09. The van der Waals surface area contributed by atoms with Crippen molar-refractivity contribution >= 4 is 35.2 Å². The first kappa shape index (κ1) is 19.1. The molecule has 3 N–H and O–H groups in total. The molecule has 1 aliphatic rings. The van der Waals surface area contributed by atoms with Crippen LogP contribution in [0.15, 0.2) is 24.3 Å². The number of aliphatic carboxylic acids is 1. The van der Waals surface area contributed by atoms with E-state index in [0.717, 1.165) is 19.3 Å². The van der Waals surface area contributed by atoms with Crippen LogP contribution in [0.4, 0.5) is 10.5 Å². The van der Waals surface area contributed by atoms with Gasteiger partial charge in [0.25, 0.3) is 0 Å². The number of carboxylic acids is 1. The quantitative estimate of drug-likeness (QED) is 0.645. The number of benzene rings is 1. The van der Waals surface area contributed by atoms with E-state index in [2.05, 4.69) is 17.6 Å². The summed E-state index contributed by atoms with van der Waals surface area (Å²) in [5, 5.41) is 15.0. The lowest BCUT2D eigenvalue weighted by molar-refractivity contribution is -0.142. The number of urea groups is 1. The predicted octanol–water partition coefficient (Wildman–Crippen LogP) is 2.56.